The number of halogens is 1. The number of allylic oxidation sites excluding steroid dienone is 3. The molecule has 0 amide bonds. The first kappa shape index (κ1) is 12.8. The first-order valence-corrected chi connectivity index (χ1v) is 5.33. The van der Waals surface area contributed by atoms with Crippen LogP contribution in [0.25, 0.3) is 0 Å². The van der Waals surface area contributed by atoms with Crippen LogP contribution in [-0.2, 0) is 9.53 Å². The Morgan fingerprint density at radius 1 is 1.38 bits per heavy atom. The number of ether oxygens (including phenoxy) is 1. The van der Waals surface area contributed by atoms with Crippen LogP contribution in [0.3, 0.4) is 0 Å². The fourth-order valence-electron chi connectivity index (χ4n) is 1.44. The van der Waals surface area contributed by atoms with E-state index in [1.807, 2.05) is 4.90 Å². The summed E-state index contributed by atoms with van der Waals surface area (Å²) in [5, 5.41) is 0.171. The van der Waals surface area contributed by atoms with Gasteiger partial charge in [-0.3, -0.25) is 4.79 Å². The summed E-state index contributed by atoms with van der Waals surface area (Å²) in [4.78, 5) is 12.8. The molecule has 4 nitrogen and oxygen atoms in total. The van der Waals surface area contributed by atoms with Crippen molar-refractivity contribution >= 4 is 17.9 Å². The molecule has 0 unspecified atom stereocenters. The van der Waals surface area contributed by atoms with Gasteiger partial charge in [-0.1, -0.05) is 18.2 Å². The molecule has 1 aliphatic rings. The van der Waals surface area contributed by atoms with Crippen molar-refractivity contribution in [3.63, 3.8) is 0 Å². The Kier molecular flexibility index (Phi) is 5.08. The summed E-state index contributed by atoms with van der Waals surface area (Å²) in [6.07, 6.45) is 3.96. The normalized spacial score (nSPS) is 18.4. The number of carbonyl (C=O) groups excluding carboxylic acids is 1. The largest absolute Gasteiger partial charge is 0.389 e. The minimum atomic E-state index is 0.171. The number of nitrogens with zero attached hydrogens (tertiary/aromatic N) is 1. The van der Waals surface area contributed by atoms with E-state index in [0.717, 1.165) is 25.1 Å². The van der Waals surface area contributed by atoms with Crippen molar-refractivity contribution in [2.45, 2.75) is 0 Å². The van der Waals surface area contributed by atoms with Gasteiger partial charge in [0.1, 0.15) is 0 Å². The van der Waals surface area contributed by atoms with Crippen LogP contribution in [0.15, 0.2) is 35.2 Å². The average Bonchev–Trinajstić information content (AvgIpc) is 2.30. The highest BCUT2D eigenvalue weighted by Crippen LogP contribution is 2.14. The average molecular weight is 243 g/mol. The summed E-state index contributed by atoms with van der Waals surface area (Å²) < 4.78 is 5.24. The van der Waals surface area contributed by atoms with E-state index in [1.54, 1.807) is 12.2 Å². The molecule has 1 rings (SSSR count). The molecule has 0 aliphatic carbocycles. The molecule has 0 spiro atoms. The number of nitrogens with two attached hydrogens (primary N) is 1. The molecule has 0 aromatic carbocycles. The minimum Gasteiger partial charge on any atom is -0.389 e. The molecule has 0 bridgehead atoms. The van der Waals surface area contributed by atoms with Gasteiger partial charge in [-0.2, -0.15) is 0 Å². The maximum atomic E-state index is 10.8. The molecule has 1 saturated heterocycles. The third-order valence-electron chi connectivity index (χ3n) is 2.22. The lowest BCUT2D eigenvalue weighted by atomic mass is 10.2. The van der Waals surface area contributed by atoms with Gasteiger partial charge < -0.3 is 15.4 Å². The van der Waals surface area contributed by atoms with Gasteiger partial charge in [-0.25, -0.2) is 0 Å². The van der Waals surface area contributed by atoms with Crippen molar-refractivity contribution < 1.29 is 9.53 Å². The van der Waals surface area contributed by atoms with Gasteiger partial charge in [0, 0.05) is 24.4 Å². The summed E-state index contributed by atoms with van der Waals surface area (Å²) in [5.41, 5.74) is 6.48. The molecule has 2 N–H and O–H groups in total. The lowest BCUT2D eigenvalue weighted by molar-refractivity contribution is -0.104. The topological polar surface area (TPSA) is 55.6 Å². The van der Waals surface area contributed by atoms with Crippen molar-refractivity contribution in [3.8, 4) is 0 Å². The fourth-order valence-corrected chi connectivity index (χ4v) is 1.50. The van der Waals surface area contributed by atoms with E-state index in [0.29, 0.717) is 18.8 Å². The summed E-state index contributed by atoms with van der Waals surface area (Å²) >= 11 is 5.54. The van der Waals surface area contributed by atoms with Crippen LogP contribution in [0.1, 0.15) is 0 Å². The molecule has 1 fully saturated rings. The number of hydrogen-bond acceptors (Lipinski definition) is 4. The van der Waals surface area contributed by atoms with Gasteiger partial charge in [-0.15, -0.1) is 0 Å². The molecule has 88 valence electrons. The van der Waals surface area contributed by atoms with E-state index >= 15 is 0 Å². The highest BCUT2D eigenvalue weighted by atomic mass is 35.5. The standard InChI is InChI=1S/C11H15ClN2O2/c1-9(8-15)10(2-3-11(12)13)14-4-6-16-7-5-14/h2-3,8H,1,4-7,13H2/b10-2+,11-3-. The molecule has 0 radical (unpaired) electrons. The molecule has 1 heterocycles. The molecule has 0 aromatic rings. The SMILES string of the molecule is C=C(C=O)/C(=C\C=C(/N)Cl)N1CCOCC1. The van der Waals surface area contributed by atoms with Gasteiger partial charge >= 0.3 is 0 Å². The van der Waals surface area contributed by atoms with Gasteiger partial charge in [0.2, 0.25) is 0 Å². The van der Waals surface area contributed by atoms with Crippen LogP contribution >= 0.6 is 11.6 Å². The molecule has 0 saturated carbocycles. The second kappa shape index (κ2) is 6.35. The van der Waals surface area contributed by atoms with E-state index in [1.165, 1.54) is 0 Å². The van der Waals surface area contributed by atoms with Crippen molar-refractivity contribution in [2.24, 2.45) is 5.73 Å². The van der Waals surface area contributed by atoms with Crippen LogP contribution in [0.2, 0.25) is 0 Å². The van der Waals surface area contributed by atoms with Gasteiger partial charge in [-0.05, 0) is 12.2 Å². The van der Waals surface area contributed by atoms with E-state index in [-0.39, 0.29) is 5.16 Å². The van der Waals surface area contributed by atoms with Crippen LogP contribution in [-0.4, -0.2) is 37.5 Å². The van der Waals surface area contributed by atoms with E-state index in [4.69, 9.17) is 22.1 Å². The lowest BCUT2D eigenvalue weighted by Crippen LogP contribution is -2.36. The molecule has 5 heteroatoms. The van der Waals surface area contributed by atoms with Gasteiger partial charge in [0.05, 0.1) is 18.4 Å². The lowest BCUT2D eigenvalue weighted by Gasteiger charge is -2.30. The zero-order chi connectivity index (χ0) is 12.0. The summed E-state index contributed by atoms with van der Waals surface area (Å²) in [7, 11) is 0. The van der Waals surface area contributed by atoms with E-state index in [2.05, 4.69) is 6.58 Å². The smallest absolute Gasteiger partial charge is 0.151 e. The Hall–Kier alpha value is -1.26. The maximum Gasteiger partial charge on any atom is 0.151 e. The van der Waals surface area contributed by atoms with Crippen molar-refractivity contribution in [1.82, 2.24) is 4.90 Å². The predicted molar refractivity (Wildman–Crippen MR) is 63.8 cm³/mol. The quantitative estimate of drug-likeness (QED) is 0.346. The Labute approximate surface area is 100.0 Å². The summed E-state index contributed by atoms with van der Waals surface area (Å²) in [6, 6.07) is 0. The molecule has 0 aromatic heterocycles. The first-order chi connectivity index (χ1) is 7.65. The number of carbonyl (C=O) groups is 1. The summed E-state index contributed by atoms with van der Waals surface area (Å²) in [6.45, 7) is 6.44. The third-order valence-corrected chi connectivity index (χ3v) is 2.35. The highest BCUT2D eigenvalue weighted by molar-refractivity contribution is 6.29. The zero-order valence-corrected chi connectivity index (χ0v) is 9.74. The van der Waals surface area contributed by atoms with Crippen molar-refractivity contribution in [2.75, 3.05) is 26.3 Å². The third kappa shape index (κ3) is 3.72. The van der Waals surface area contributed by atoms with Crippen molar-refractivity contribution in [3.05, 3.63) is 35.2 Å². The fraction of sp³-hybridized carbons (Fsp3) is 0.364. The molecule has 1 aliphatic heterocycles. The summed E-state index contributed by atoms with van der Waals surface area (Å²) in [5.74, 6) is 0. The monoisotopic (exact) mass is 242 g/mol. The predicted octanol–water partition coefficient (Wildman–Crippen LogP) is 0.997. The second-order valence-electron chi connectivity index (χ2n) is 3.35. The van der Waals surface area contributed by atoms with Gasteiger partial charge in [0.25, 0.3) is 0 Å². The molecular formula is C11H15ClN2O2. The molecule has 0 atom stereocenters. The Bertz CT molecular complexity index is 327. The van der Waals surface area contributed by atoms with Crippen LogP contribution in [0, 0.1) is 0 Å². The van der Waals surface area contributed by atoms with Crippen molar-refractivity contribution in [1.29, 1.82) is 0 Å². The Morgan fingerprint density at radius 2 is 2.00 bits per heavy atom. The van der Waals surface area contributed by atoms with E-state index in [9.17, 15) is 4.79 Å². The first-order valence-electron chi connectivity index (χ1n) is 4.95. The number of aldehydes is 1. The Balaban J connectivity index is 2.85. The van der Waals surface area contributed by atoms with Crippen LogP contribution in [0.4, 0.5) is 0 Å². The number of rotatable bonds is 4. The second-order valence-corrected chi connectivity index (χ2v) is 3.78. The van der Waals surface area contributed by atoms with E-state index < -0.39 is 0 Å². The van der Waals surface area contributed by atoms with Gasteiger partial charge in [0.15, 0.2) is 6.29 Å². The van der Waals surface area contributed by atoms with Crippen LogP contribution < -0.4 is 5.73 Å². The minimum absolute atomic E-state index is 0.171. The Morgan fingerprint density at radius 3 is 2.50 bits per heavy atom. The molecular weight excluding hydrogens is 228 g/mol. The molecule has 16 heavy (non-hydrogen) atoms. The maximum absolute atomic E-state index is 10.8. The number of hydrogen-bond donors (Lipinski definition) is 1. The highest BCUT2D eigenvalue weighted by Gasteiger charge is 2.15. The number of morpholine rings is 1. The van der Waals surface area contributed by atoms with Crippen LogP contribution in [0.5, 0.6) is 0 Å². The zero-order valence-electron chi connectivity index (χ0n) is 8.99.